The summed E-state index contributed by atoms with van der Waals surface area (Å²) in [4.78, 5) is 25.7. The number of esters is 1. The van der Waals surface area contributed by atoms with Gasteiger partial charge in [0.05, 0.1) is 32.5 Å². The monoisotopic (exact) mass is 846 g/mol. The number of ether oxygens (including phenoxy) is 9. The van der Waals surface area contributed by atoms with Crippen LogP contribution in [0.5, 0.6) is 46.0 Å². The molecule has 0 saturated carbocycles. The highest BCUT2D eigenvalue weighted by Gasteiger charge is 2.38. The first-order chi connectivity index (χ1) is 30.6. The minimum Gasteiger partial charge on any atom is -0.497 e. The number of carboxylic acids is 1. The lowest BCUT2D eigenvalue weighted by Crippen LogP contribution is -2.24. The second-order valence-corrected chi connectivity index (χ2v) is 15.1. The summed E-state index contributed by atoms with van der Waals surface area (Å²) in [5.74, 6) is 3.75. The van der Waals surface area contributed by atoms with Crippen LogP contribution >= 0.6 is 0 Å². The maximum Gasteiger partial charge on any atom is 0.338 e. The minimum atomic E-state index is -1.04. The van der Waals surface area contributed by atoms with E-state index in [0.717, 1.165) is 50.3 Å². The average molecular weight is 847 g/mol. The zero-order valence-corrected chi connectivity index (χ0v) is 35.1. The smallest absolute Gasteiger partial charge is 0.338 e. The second kappa shape index (κ2) is 16.9. The van der Waals surface area contributed by atoms with Crippen molar-refractivity contribution in [2.45, 2.75) is 26.1 Å². The first-order valence-electron chi connectivity index (χ1n) is 20.1. The fraction of sp³-hybridized carbons (Fsp3) is 0.176. The van der Waals surface area contributed by atoms with Crippen molar-refractivity contribution >= 4 is 23.1 Å². The van der Waals surface area contributed by atoms with Crippen molar-refractivity contribution in [3.8, 4) is 46.0 Å². The molecule has 0 bridgehead atoms. The number of fused-ring (bicyclic) bond motifs is 4. The fourth-order valence-corrected chi connectivity index (χ4v) is 8.11. The molecule has 10 rings (SSSR count). The van der Waals surface area contributed by atoms with Crippen molar-refractivity contribution < 1.29 is 57.3 Å². The Bertz CT molecular complexity index is 2820. The molecule has 0 aliphatic carbocycles. The lowest BCUT2D eigenvalue weighted by atomic mass is 9.85. The van der Waals surface area contributed by atoms with E-state index in [-0.39, 0.29) is 19.2 Å². The number of carboxylic acid groups (broad SMARTS) is 1. The van der Waals surface area contributed by atoms with E-state index in [1.165, 1.54) is 7.11 Å². The van der Waals surface area contributed by atoms with Gasteiger partial charge in [-0.25, -0.2) is 9.59 Å². The number of benzene rings is 6. The van der Waals surface area contributed by atoms with Gasteiger partial charge in [-0.05, 0) is 97.8 Å². The molecule has 0 aromatic heterocycles. The van der Waals surface area contributed by atoms with Crippen molar-refractivity contribution in [2.24, 2.45) is 0 Å². The van der Waals surface area contributed by atoms with E-state index < -0.39 is 24.1 Å². The summed E-state index contributed by atoms with van der Waals surface area (Å²) in [6.07, 6.45) is -1.48. The number of methoxy groups -OCH3 is 3. The number of aliphatic carboxylic acids is 1. The van der Waals surface area contributed by atoms with Crippen LogP contribution in [-0.2, 0) is 14.3 Å². The second-order valence-electron chi connectivity index (χ2n) is 15.1. The first-order valence-corrected chi connectivity index (χ1v) is 20.1. The van der Waals surface area contributed by atoms with Crippen LogP contribution in [0.25, 0.3) is 11.1 Å². The summed E-state index contributed by atoms with van der Waals surface area (Å²) >= 11 is 0. The first kappa shape index (κ1) is 40.5. The van der Waals surface area contributed by atoms with E-state index in [2.05, 4.69) is 0 Å². The number of carbonyl (C=O) groups is 2. The van der Waals surface area contributed by atoms with E-state index in [1.54, 1.807) is 26.4 Å². The summed E-state index contributed by atoms with van der Waals surface area (Å²) in [6, 6.07) is 37.6. The van der Waals surface area contributed by atoms with Crippen LogP contribution in [0.4, 0.5) is 0 Å². The molecule has 0 spiro atoms. The number of carbonyl (C=O) groups excluding carboxylic acids is 1. The van der Waals surface area contributed by atoms with Crippen LogP contribution < -0.4 is 37.9 Å². The average Bonchev–Trinajstić information content (AvgIpc) is 4.00. The molecule has 2 atom stereocenters. The Morgan fingerprint density at radius 2 is 0.921 bits per heavy atom. The van der Waals surface area contributed by atoms with Gasteiger partial charge in [-0.3, -0.25) is 0 Å². The van der Waals surface area contributed by atoms with Crippen molar-refractivity contribution in [3.63, 3.8) is 0 Å². The van der Waals surface area contributed by atoms with Gasteiger partial charge in [0.1, 0.15) is 23.0 Å². The zero-order chi connectivity index (χ0) is 43.8. The maximum absolute atomic E-state index is 13.1. The van der Waals surface area contributed by atoms with Gasteiger partial charge in [-0.1, -0.05) is 59.7 Å². The molecule has 12 nitrogen and oxygen atoms in total. The summed E-state index contributed by atoms with van der Waals surface area (Å²) in [5.41, 5.74) is 8.75. The molecule has 63 heavy (non-hydrogen) atoms. The van der Waals surface area contributed by atoms with Crippen LogP contribution in [0.15, 0.2) is 132 Å². The third-order valence-electron chi connectivity index (χ3n) is 11.2. The molecular formula is C51H42O12. The molecule has 318 valence electrons. The van der Waals surface area contributed by atoms with Crippen molar-refractivity contribution in [2.75, 3.05) is 34.9 Å². The van der Waals surface area contributed by atoms with Gasteiger partial charge in [-0.2, -0.15) is 0 Å². The largest absolute Gasteiger partial charge is 0.497 e. The van der Waals surface area contributed by atoms with Gasteiger partial charge in [0.25, 0.3) is 0 Å². The Morgan fingerprint density at radius 3 is 1.35 bits per heavy atom. The van der Waals surface area contributed by atoms with E-state index in [1.807, 2.05) is 123 Å². The Labute approximate surface area is 363 Å². The highest BCUT2D eigenvalue weighted by molar-refractivity contribution is 6.05. The van der Waals surface area contributed by atoms with Gasteiger partial charge >= 0.3 is 11.9 Å². The Kier molecular flexibility index (Phi) is 10.9. The molecular weight excluding hydrogens is 805 g/mol. The molecule has 12 heteroatoms. The summed E-state index contributed by atoms with van der Waals surface area (Å²) in [5, 5.41) is 10.3. The van der Waals surface area contributed by atoms with Gasteiger partial charge < -0.3 is 47.7 Å². The van der Waals surface area contributed by atoms with E-state index in [9.17, 15) is 14.7 Å². The predicted molar refractivity (Wildman–Crippen MR) is 232 cm³/mol. The van der Waals surface area contributed by atoms with E-state index in [0.29, 0.717) is 57.0 Å². The molecule has 2 unspecified atom stereocenters. The molecule has 1 N–H and O–H groups in total. The zero-order valence-electron chi connectivity index (χ0n) is 35.1. The molecule has 4 heterocycles. The van der Waals surface area contributed by atoms with Gasteiger partial charge in [0, 0.05) is 33.4 Å². The fourth-order valence-electron chi connectivity index (χ4n) is 8.11. The van der Waals surface area contributed by atoms with Crippen molar-refractivity contribution in [3.05, 3.63) is 177 Å². The van der Waals surface area contributed by atoms with Crippen LogP contribution in [0.2, 0.25) is 0 Å². The standard InChI is InChI=1S/C26H22O6.C25H20O6/c1-15-4-10-20-19(12-15)23(16-5-8-18(28-2)9-6-16)24(26(27)29-3)25(32-20)17-7-11-21-22(13-17)31-14-30-21;1-14-3-9-19-18(11-14)22(15-4-7-17(28-2)8-5-15)23(25(26)27)24(31-19)16-6-10-20-21(12-16)30-13-29-20/h4-13,25H,14H2,1-3H3;3-12,24H,13H2,1-2H3,(H,26,27). The molecule has 4 aliphatic heterocycles. The van der Waals surface area contributed by atoms with Crippen LogP contribution in [0.1, 0.15) is 56.7 Å². The third-order valence-corrected chi connectivity index (χ3v) is 11.2. The van der Waals surface area contributed by atoms with Crippen LogP contribution in [-0.4, -0.2) is 52.0 Å². The molecule has 0 amide bonds. The summed E-state index contributed by atoms with van der Waals surface area (Å²) in [6.45, 7) is 4.29. The lowest BCUT2D eigenvalue weighted by Gasteiger charge is -2.31. The maximum atomic E-state index is 13.1. The molecule has 6 aromatic rings. The molecule has 4 aliphatic rings. The van der Waals surface area contributed by atoms with E-state index >= 15 is 0 Å². The Morgan fingerprint density at radius 1 is 0.508 bits per heavy atom. The SMILES string of the molecule is COC(=O)C1=C(c2ccc(OC)cc2)c2cc(C)ccc2OC1c1ccc2c(c1)OCO2.COc1ccc(C2=C(C(=O)O)C(c3ccc4c(c3)OCO4)Oc3ccc(C)cc32)cc1. The highest BCUT2D eigenvalue weighted by Crippen LogP contribution is 2.49. The number of aryl methyl sites for hydroxylation is 2. The third kappa shape index (κ3) is 7.71. The van der Waals surface area contributed by atoms with Crippen molar-refractivity contribution in [1.82, 2.24) is 0 Å². The van der Waals surface area contributed by atoms with Crippen LogP contribution in [0, 0.1) is 13.8 Å². The van der Waals surface area contributed by atoms with E-state index in [4.69, 9.17) is 42.6 Å². The summed E-state index contributed by atoms with van der Waals surface area (Å²) in [7, 11) is 4.60. The summed E-state index contributed by atoms with van der Waals surface area (Å²) < 4.78 is 50.3. The topological polar surface area (TPSA) is 137 Å². The predicted octanol–water partition coefficient (Wildman–Crippen LogP) is 9.59. The molecule has 6 aromatic carbocycles. The van der Waals surface area contributed by atoms with Gasteiger partial charge in [-0.15, -0.1) is 0 Å². The van der Waals surface area contributed by atoms with Gasteiger partial charge in [0.15, 0.2) is 35.2 Å². The minimum absolute atomic E-state index is 0.144. The number of hydrogen-bond acceptors (Lipinski definition) is 11. The number of hydrogen-bond donors (Lipinski definition) is 1. The van der Waals surface area contributed by atoms with Crippen LogP contribution in [0.3, 0.4) is 0 Å². The molecule has 0 saturated heterocycles. The number of rotatable bonds is 8. The molecule has 0 radical (unpaired) electrons. The van der Waals surface area contributed by atoms with Crippen molar-refractivity contribution in [1.29, 1.82) is 0 Å². The quantitative estimate of drug-likeness (QED) is 0.146. The van der Waals surface area contributed by atoms with Gasteiger partial charge in [0.2, 0.25) is 13.6 Å². The Balaban J connectivity index is 0.000000160. The Hall–Kier alpha value is -7.86. The normalized spacial score (nSPS) is 16.4. The molecule has 0 fully saturated rings. The highest BCUT2D eigenvalue weighted by atomic mass is 16.7. The lowest BCUT2D eigenvalue weighted by molar-refractivity contribution is -0.137.